The van der Waals surface area contributed by atoms with Gasteiger partial charge in [0.1, 0.15) is 11.5 Å². The van der Waals surface area contributed by atoms with Crippen LogP contribution in [-0.2, 0) is 0 Å². The van der Waals surface area contributed by atoms with Gasteiger partial charge in [-0.3, -0.25) is 0 Å². The second-order valence-electron chi connectivity index (χ2n) is 4.84. The third-order valence-corrected chi connectivity index (χ3v) is 3.18. The van der Waals surface area contributed by atoms with Gasteiger partial charge in [-0.1, -0.05) is 0 Å². The predicted octanol–water partition coefficient (Wildman–Crippen LogP) is 3.49. The summed E-state index contributed by atoms with van der Waals surface area (Å²) in [5, 5.41) is 5.56. The van der Waals surface area contributed by atoms with Crippen molar-refractivity contribution in [3.63, 3.8) is 0 Å². The highest BCUT2D eigenvalue weighted by atomic mass is 16.5. The molecular weight excluding hydrogens is 284 g/mol. The zero-order valence-corrected chi connectivity index (χ0v) is 13.1. The lowest BCUT2D eigenvalue weighted by atomic mass is 10.2. The van der Waals surface area contributed by atoms with Crippen LogP contribution in [0.15, 0.2) is 34.7 Å². The van der Waals surface area contributed by atoms with Crippen LogP contribution in [0.2, 0.25) is 0 Å². The Kier molecular flexibility index (Phi) is 4.93. The zero-order valence-electron chi connectivity index (χ0n) is 13.1. The van der Waals surface area contributed by atoms with E-state index in [9.17, 15) is 4.79 Å². The monoisotopic (exact) mass is 304 g/mol. The number of carbonyl (C=O) groups excluding carboxylic acids is 1. The van der Waals surface area contributed by atoms with Crippen LogP contribution in [0.1, 0.15) is 24.5 Å². The van der Waals surface area contributed by atoms with Crippen LogP contribution in [-0.4, -0.2) is 20.3 Å². The fourth-order valence-corrected chi connectivity index (χ4v) is 2.04. The molecule has 1 aromatic carbocycles. The van der Waals surface area contributed by atoms with Crippen LogP contribution in [0.3, 0.4) is 0 Å². The average molecular weight is 304 g/mol. The first-order valence-corrected chi connectivity index (χ1v) is 6.89. The van der Waals surface area contributed by atoms with Crippen LogP contribution >= 0.6 is 0 Å². The average Bonchev–Trinajstić information content (AvgIpc) is 2.93. The summed E-state index contributed by atoms with van der Waals surface area (Å²) in [7, 11) is 3.10. The molecule has 6 nitrogen and oxygen atoms in total. The molecule has 2 rings (SSSR count). The Morgan fingerprint density at radius 3 is 2.45 bits per heavy atom. The van der Waals surface area contributed by atoms with E-state index in [2.05, 4.69) is 10.6 Å². The predicted molar refractivity (Wildman–Crippen MR) is 83.6 cm³/mol. The molecule has 1 aromatic heterocycles. The van der Waals surface area contributed by atoms with E-state index in [1.807, 2.05) is 26.0 Å². The van der Waals surface area contributed by atoms with Gasteiger partial charge in [-0.05, 0) is 38.1 Å². The van der Waals surface area contributed by atoms with Crippen LogP contribution < -0.4 is 20.1 Å². The van der Waals surface area contributed by atoms with Crippen molar-refractivity contribution in [2.24, 2.45) is 0 Å². The summed E-state index contributed by atoms with van der Waals surface area (Å²) in [5.74, 6) is 2.67. The van der Waals surface area contributed by atoms with Crippen LogP contribution in [0, 0.1) is 6.92 Å². The molecule has 0 radical (unpaired) electrons. The number of urea groups is 1. The fourth-order valence-electron chi connectivity index (χ4n) is 2.04. The van der Waals surface area contributed by atoms with Crippen molar-refractivity contribution in [3.8, 4) is 11.5 Å². The molecule has 2 aromatic rings. The molecule has 2 N–H and O–H groups in total. The zero-order chi connectivity index (χ0) is 16.1. The molecule has 2 amide bonds. The van der Waals surface area contributed by atoms with Crippen molar-refractivity contribution < 1.29 is 18.7 Å². The summed E-state index contributed by atoms with van der Waals surface area (Å²) in [5.41, 5.74) is 0.609. The molecule has 0 aliphatic heterocycles. The number of hydrogen-bond acceptors (Lipinski definition) is 4. The summed E-state index contributed by atoms with van der Waals surface area (Å²) in [4.78, 5) is 12.0. The highest BCUT2D eigenvalue weighted by Crippen LogP contribution is 2.29. The summed E-state index contributed by atoms with van der Waals surface area (Å²) < 4.78 is 15.8. The molecule has 1 unspecified atom stereocenters. The second-order valence-corrected chi connectivity index (χ2v) is 4.84. The van der Waals surface area contributed by atoms with E-state index in [0.717, 1.165) is 5.76 Å². The number of carbonyl (C=O) groups is 1. The molecule has 0 fully saturated rings. The van der Waals surface area contributed by atoms with Gasteiger partial charge in [0.2, 0.25) is 0 Å². The van der Waals surface area contributed by atoms with Gasteiger partial charge in [0.05, 0.1) is 20.3 Å². The van der Waals surface area contributed by atoms with Gasteiger partial charge in [0.15, 0.2) is 11.5 Å². The molecule has 0 spiro atoms. The second kappa shape index (κ2) is 6.89. The highest BCUT2D eigenvalue weighted by Gasteiger charge is 2.13. The quantitative estimate of drug-likeness (QED) is 0.887. The Morgan fingerprint density at radius 2 is 1.86 bits per heavy atom. The summed E-state index contributed by atoms with van der Waals surface area (Å²) in [6.07, 6.45) is 0. The van der Waals surface area contributed by atoms with E-state index in [4.69, 9.17) is 13.9 Å². The van der Waals surface area contributed by atoms with E-state index < -0.39 is 0 Å². The van der Waals surface area contributed by atoms with E-state index in [1.54, 1.807) is 32.4 Å². The Bertz CT molecular complexity index is 651. The Labute approximate surface area is 129 Å². The topological polar surface area (TPSA) is 72.7 Å². The first kappa shape index (κ1) is 15.8. The number of benzene rings is 1. The summed E-state index contributed by atoms with van der Waals surface area (Å²) in [6.45, 7) is 3.71. The number of rotatable bonds is 5. The molecule has 22 heavy (non-hydrogen) atoms. The molecule has 0 saturated carbocycles. The number of methoxy groups -OCH3 is 2. The fraction of sp³-hybridized carbons (Fsp3) is 0.312. The minimum absolute atomic E-state index is 0.228. The maximum atomic E-state index is 12.0. The Balaban J connectivity index is 2.00. The van der Waals surface area contributed by atoms with E-state index in [-0.39, 0.29) is 12.1 Å². The van der Waals surface area contributed by atoms with Crippen LogP contribution in [0.5, 0.6) is 11.5 Å². The maximum Gasteiger partial charge on any atom is 0.319 e. The van der Waals surface area contributed by atoms with Crippen LogP contribution in [0.4, 0.5) is 10.5 Å². The third-order valence-electron chi connectivity index (χ3n) is 3.18. The van der Waals surface area contributed by atoms with Gasteiger partial charge in [-0.2, -0.15) is 0 Å². The summed E-state index contributed by atoms with van der Waals surface area (Å²) >= 11 is 0. The minimum Gasteiger partial charge on any atom is -0.493 e. The standard InChI is InChI=1S/C16H20N2O4/c1-10-5-7-13(22-10)11(2)17-16(19)18-12-6-8-14(20-3)15(9-12)21-4/h5-9,11H,1-4H3,(H2,17,18,19). The molecule has 1 atom stereocenters. The first-order valence-electron chi connectivity index (χ1n) is 6.89. The molecule has 0 bridgehead atoms. The van der Waals surface area contributed by atoms with Crippen molar-refractivity contribution in [2.45, 2.75) is 19.9 Å². The molecule has 0 aliphatic carbocycles. The molecule has 6 heteroatoms. The number of furan rings is 1. The molecule has 118 valence electrons. The van der Waals surface area contributed by atoms with E-state index in [1.165, 1.54) is 0 Å². The van der Waals surface area contributed by atoms with Gasteiger partial charge < -0.3 is 24.5 Å². The maximum absolute atomic E-state index is 12.0. The number of ether oxygens (including phenoxy) is 2. The van der Waals surface area contributed by atoms with Crippen molar-refractivity contribution in [1.82, 2.24) is 5.32 Å². The SMILES string of the molecule is COc1ccc(NC(=O)NC(C)c2ccc(C)o2)cc1OC. The summed E-state index contributed by atoms with van der Waals surface area (Å²) in [6, 6.07) is 8.31. The van der Waals surface area contributed by atoms with Crippen molar-refractivity contribution in [1.29, 1.82) is 0 Å². The van der Waals surface area contributed by atoms with Gasteiger partial charge in [0, 0.05) is 11.8 Å². The van der Waals surface area contributed by atoms with Crippen LogP contribution in [0.25, 0.3) is 0 Å². The lowest BCUT2D eigenvalue weighted by Gasteiger charge is -2.14. The minimum atomic E-state index is -0.325. The van der Waals surface area contributed by atoms with E-state index >= 15 is 0 Å². The Hall–Kier alpha value is -2.63. The first-order chi connectivity index (χ1) is 10.5. The lowest BCUT2D eigenvalue weighted by Crippen LogP contribution is -2.30. The van der Waals surface area contributed by atoms with Gasteiger partial charge >= 0.3 is 6.03 Å². The van der Waals surface area contributed by atoms with Crippen molar-refractivity contribution >= 4 is 11.7 Å². The third kappa shape index (κ3) is 3.72. The molecule has 0 aliphatic rings. The van der Waals surface area contributed by atoms with E-state index in [0.29, 0.717) is 22.9 Å². The molecule has 0 saturated heterocycles. The lowest BCUT2D eigenvalue weighted by molar-refractivity contribution is 0.247. The largest absolute Gasteiger partial charge is 0.493 e. The highest BCUT2D eigenvalue weighted by molar-refractivity contribution is 5.89. The number of anilines is 1. The van der Waals surface area contributed by atoms with Gasteiger partial charge in [-0.25, -0.2) is 4.79 Å². The normalized spacial score (nSPS) is 11.6. The number of hydrogen-bond donors (Lipinski definition) is 2. The number of amides is 2. The number of nitrogens with one attached hydrogen (secondary N) is 2. The Morgan fingerprint density at radius 1 is 1.14 bits per heavy atom. The van der Waals surface area contributed by atoms with Gasteiger partial charge in [0.25, 0.3) is 0 Å². The van der Waals surface area contributed by atoms with Crippen molar-refractivity contribution in [3.05, 3.63) is 41.9 Å². The van der Waals surface area contributed by atoms with Gasteiger partial charge in [-0.15, -0.1) is 0 Å². The van der Waals surface area contributed by atoms with Crippen molar-refractivity contribution in [2.75, 3.05) is 19.5 Å². The number of aryl methyl sites for hydroxylation is 1. The molecular formula is C16H20N2O4. The molecule has 1 heterocycles. The smallest absolute Gasteiger partial charge is 0.319 e.